The third-order valence-corrected chi connectivity index (χ3v) is 7.04. The highest BCUT2D eigenvalue weighted by atomic mass is 32.1. The molecule has 2 N–H and O–H groups in total. The molecule has 2 amide bonds. The summed E-state index contributed by atoms with van der Waals surface area (Å²) in [5, 5.41) is 7.64. The molecule has 36 heavy (non-hydrogen) atoms. The van der Waals surface area contributed by atoms with Crippen molar-refractivity contribution in [2.24, 2.45) is 0 Å². The highest BCUT2D eigenvalue weighted by Gasteiger charge is 2.15. The van der Waals surface area contributed by atoms with Crippen LogP contribution in [0.3, 0.4) is 0 Å². The summed E-state index contributed by atoms with van der Waals surface area (Å²) in [6.07, 6.45) is 2.56. The molecule has 1 fully saturated rings. The predicted molar refractivity (Wildman–Crippen MR) is 144 cm³/mol. The van der Waals surface area contributed by atoms with Crippen LogP contribution in [0.15, 0.2) is 54.0 Å². The molecule has 4 aromatic rings. The van der Waals surface area contributed by atoms with Gasteiger partial charge in [-0.1, -0.05) is 18.2 Å². The molecule has 0 unspecified atom stereocenters. The fourth-order valence-corrected chi connectivity index (χ4v) is 5.15. The Bertz CT molecular complexity index is 1350. The minimum absolute atomic E-state index is 0.264. The maximum atomic E-state index is 12.0. The molecular formula is C27H29N5O3S. The normalized spacial score (nSPS) is 13.6. The molecule has 5 rings (SSSR count). The Balaban J connectivity index is 1.37. The van der Waals surface area contributed by atoms with E-state index in [1.54, 1.807) is 18.4 Å². The average molecular weight is 504 g/mol. The lowest BCUT2D eigenvalue weighted by Crippen LogP contribution is -2.36. The van der Waals surface area contributed by atoms with Gasteiger partial charge in [0.05, 0.1) is 36.2 Å². The van der Waals surface area contributed by atoms with E-state index in [0.29, 0.717) is 24.4 Å². The van der Waals surface area contributed by atoms with Gasteiger partial charge >= 0.3 is 6.03 Å². The zero-order chi connectivity index (χ0) is 24.9. The number of aromatic nitrogens is 2. The fraction of sp³-hybridized carbons (Fsp3) is 0.296. The smallest absolute Gasteiger partial charge is 0.319 e. The van der Waals surface area contributed by atoms with Crippen molar-refractivity contribution in [1.29, 1.82) is 0 Å². The number of urea groups is 1. The van der Waals surface area contributed by atoms with Gasteiger partial charge in [-0.2, -0.15) is 0 Å². The number of hydrogen-bond donors (Lipinski definition) is 2. The first-order valence-electron chi connectivity index (χ1n) is 12.0. The maximum absolute atomic E-state index is 12.0. The van der Waals surface area contributed by atoms with Gasteiger partial charge in [-0.3, -0.25) is 0 Å². The summed E-state index contributed by atoms with van der Waals surface area (Å²) in [6.45, 7) is 5.82. The molecule has 1 aliphatic rings. The van der Waals surface area contributed by atoms with Crippen LogP contribution in [-0.4, -0.2) is 56.0 Å². The molecule has 2 aromatic heterocycles. The van der Waals surface area contributed by atoms with Gasteiger partial charge in [0.25, 0.3) is 0 Å². The standard InChI is InChI=1S/C27H29N5O3S/c1-3-28-27(33)30-22-9-6-19(15-23(22)34-2)21-17-36-24-16-29-25(31-26(21)24)14-18-4-7-20(8-5-18)32-10-12-35-13-11-32/h4-9,15-17H,3,10-14H2,1-2H3,(H2,28,30,33). The van der Waals surface area contributed by atoms with E-state index < -0.39 is 0 Å². The van der Waals surface area contributed by atoms with Crippen LogP contribution in [0.4, 0.5) is 16.2 Å². The Morgan fingerprint density at radius 1 is 1.17 bits per heavy atom. The van der Waals surface area contributed by atoms with Crippen LogP contribution >= 0.6 is 11.3 Å². The summed E-state index contributed by atoms with van der Waals surface area (Å²) < 4.78 is 12.0. The van der Waals surface area contributed by atoms with Crippen LogP contribution in [0.2, 0.25) is 0 Å². The largest absolute Gasteiger partial charge is 0.495 e. The SMILES string of the molecule is CCNC(=O)Nc1ccc(-c2csc3cnc(Cc4ccc(N5CCOCC5)cc4)nc23)cc1OC. The number of methoxy groups -OCH3 is 1. The second-order valence-corrected chi connectivity index (χ2v) is 9.40. The van der Waals surface area contributed by atoms with E-state index in [1.165, 1.54) is 11.3 Å². The minimum atomic E-state index is -0.264. The first-order chi connectivity index (χ1) is 17.6. The number of thiophene rings is 1. The topological polar surface area (TPSA) is 88.6 Å². The van der Waals surface area contributed by atoms with E-state index in [1.807, 2.05) is 31.3 Å². The van der Waals surface area contributed by atoms with Crippen LogP contribution in [0.1, 0.15) is 18.3 Å². The molecule has 1 aliphatic heterocycles. The molecule has 0 atom stereocenters. The second-order valence-electron chi connectivity index (χ2n) is 8.49. The Morgan fingerprint density at radius 2 is 1.97 bits per heavy atom. The van der Waals surface area contributed by atoms with Gasteiger partial charge in [-0.05, 0) is 42.3 Å². The number of nitrogens with one attached hydrogen (secondary N) is 2. The highest BCUT2D eigenvalue weighted by molar-refractivity contribution is 7.17. The predicted octanol–water partition coefficient (Wildman–Crippen LogP) is 4.94. The Hall–Kier alpha value is -3.69. The first kappa shape index (κ1) is 24.0. The minimum Gasteiger partial charge on any atom is -0.495 e. The van der Waals surface area contributed by atoms with Crippen LogP contribution in [0.25, 0.3) is 21.3 Å². The quantitative estimate of drug-likeness (QED) is 0.372. The number of morpholine rings is 1. The van der Waals surface area contributed by atoms with Crippen LogP contribution < -0.4 is 20.3 Å². The van der Waals surface area contributed by atoms with Crippen molar-refractivity contribution < 1.29 is 14.3 Å². The fourth-order valence-electron chi connectivity index (χ4n) is 4.27. The van der Waals surface area contributed by atoms with Crippen molar-refractivity contribution in [3.8, 4) is 16.9 Å². The number of nitrogens with zero attached hydrogens (tertiary/aromatic N) is 3. The molecule has 2 aromatic carbocycles. The number of hydrogen-bond acceptors (Lipinski definition) is 7. The molecule has 0 radical (unpaired) electrons. The van der Waals surface area contributed by atoms with Crippen LogP contribution in [0.5, 0.6) is 5.75 Å². The van der Waals surface area contributed by atoms with Gasteiger partial charge in [0.1, 0.15) is 11.6 Å². The molecule has 0 spiro atoms. The molecule has 186 valence electrons. The molecule has 3 heterocycles. The summed E-state index contributed by atoms with van der Waals surface area (Å²) in [7, 11) is 1.60. The van der Waals surface area contributed by atoms with E-state index >= 15 is 0 Å². The lowest BCUT2D eigenvalue weighted by molar-refractivity contribution is 0.122. The van der Waals surface area contributed by atoms with E-state index in [9.17, 15) is 4.79 Å². The van der Waals surface area contributed by atoms with Crippen molar-refractivity contribution in [3.05, 3.63) is 65.4 Å². The molecular weight excluding hydrogens is 474 g/mol. The number of anilines is 2. The van der Waals surface area contributed by atoms with Gasteiger partial charge in [-0.25, -0.2) is 14.8 Å². The zero-order valence-corrected chi connectivity index (χ0v) is 21.2. The van der Waals surface area contributed by atoms with E-state index in [-0.39, 0.29) is 6.03 Å². The summed E-state index contributed by atoms with van der Waals surface area (Å²) in [6, 6.07) is 14.1. The third kappa shape index (κ3) is 5.27. The number of ether oxygens (including phenoxy) is 2. The van der Waals surface area contributed by atoms with Gasteiger partial charge < -0.3 is 25.0 Å². The van der Waals surface area contributed by atoms with Gasteiger partial charge in [0, 0.05) is 48.9 Å². The second kappa shape index (κ2) is 10.9. The lowest BCUT2D eigenvalue weighted by Gasteiger charge is -2.28. The number of amides is 2. The number of carbonyl (C=O) groups is 1. The number of rotatable bonds is 7. The van der Waals surface area contributed by atoms with Gasteiger partial charge in [0.2, 0.25) is 0 Å². The Labute approximate surface area is 214 Å². The zero-order valence-electron chi connectivity index (χ0n) is 20.4. The van der Waals surface area contributed by atoms with Crippen LogP contribution in [0, 0.1) is 0 Å². The lowest BCUT2D eigenvalue weighted by atomic mass is 10.1. The Kier molecular flexibility index (Phi) is 7.29. The highest BCUT2D eigenvalue weighted by Crippen LogP contribution is 2.36. The van der Waals surface area contributed by atoms with E-state index in [2.05, 4.69) is 50.2 Å². The summed E-state index contributed by atoms with van der Waals surface area (Å²) in [5.74, 6) is 1.37. The van der Waals surface area contributed by atoms with Crippen LogP contribution in [-0.2, 0) is 11.2 Å². The number of fused-ring (bicyclic) bond motifs is 1. The average Bonchev–Trinajstić information content (AvgIpc) is 3.33. The van der Waals surface area contributed by atoms with Crippen molar-refractivity contribution in [1.82, 2.24) is 15.3 Å². The van der Waals surface area contributed by atoms with E-state index in [4.69, 9.17) is 14.5 Å². The molecule has 8 nitrogen and oxygen atoms in total. The number of benzene rings is 2. The summed E-state index contributed by atoms with van der Waals surface area (Å²) >= 11 is 1.62. The molecule has 0 bridgehead atoms. The van der Waals surface area contributed by atoms with Crippen molar-refractivity contribution in [2.45, 2.75) is 13.3 Å². The molecule has 1 saturated heterocycles. The van der Waals surface area contributed by atoms with Crippen molar-refractivity contribution in [2.75, 3.05) is 50.2 Å². The number of carbonyl (C=O) groups excluding carboxylic acids is 1. The molecule has 9 heteroatoms. The molecule has 0 saturated carbocycles. The Morgan fingerprint density at radius 3 is 2.72 bits per heavy atom. The molecule has 0 aliphatic carbocycles. The maximum Gasteiger partial charge on any atom is 0.319 e. The van der Waals surface area contributed by atoms with Crippen molar-refractivity contribution >= 4 is 39.0 Å². The van der Waals surface area contributed by atoms with Crippen molar-refractivity contribution in [3.63, 3.8) is 0 Å². The first-order valence-corrected chi connectivity index (χ1v) is 12.9. The summed E-state index contributed by atoms with van der Waals surface area (Å²) in [4.78, 5) is 23.8. The summed E-state index contributed by atoms with van der Waals surface area (Å²) in [5.41, 5.74) is 5.91. The monoisotopic (exact) mass is 503 g/mol. The van der Waals surface area contributed by atoms with Gasteiger partial charge in [-0.15, -0.1) is 11.3 Å². The van der Waals surface area contributed by atoms with Gasteiger partial charge in [0.15, 0.2) is 0 Å². The van der Waals surface area contributed by atoms with E-state index in [0.717, 1.165) is 53.5 Å². The third-order valence-electron chi connectivity index (χ3n) is 6.14.